The first-order chi connectivity index (χ1) is 12.9. The van der Waals surface area contributed by atoms with Crippen molar-refractivity contribution < 1.29 is 13.7 Å². The molecule has 1 aromatic carbocycles. The van der Waals surface area contributed by atoms with Crippen LogP contribution < -0.4 is 5.32 Å². The Morgan fingerprint density at radius 1 is 1.33 bits per heavy atom. The highest BCUT2D eigenvalue weighted by Crippen LogP contribution is 2.23. The Morgan fingerprint density at radius 2 is 2.04 bits per heavy atom. The van der Waals surface area contributed by atoms with Crippen LogP contribution >= 0.6 is 11.6 Å². The van der Waals surface area contributed by atoms with E-state index >= 15 is 0 Å². The molecule has 1 amide bonds. The topological polar surface area (TPSA) is 85.8 Å². The molecule has 0 radical (unpaired) electrons. The third kappa shape index (κ3) is 4.16. The number of aromatic nitrogens is 4. The highest BCUT2D eigenvalue weighted by atomic mass is 35.5. The van der Waals surface area contributed by atoms with Gasteiger partial charge in [-0.3, -0.25) is 9.48 Å². The van der Waals surface area contributed by atoms with Crippen molar-refractivity contribution in [2.45, 2.75) is 33.2 Å². The van der Waals surface area contributed by atoms with Crippen LogP contribution in [-0.2, 0) is 0 Å². The monoisotopic (exact) mass is 391 g/mol. The van der Waals surface area contributed by atoms with Gasteiger partial charge in [0.2, 0.25) is 5.82 Å². The fourth-order valence-electron chi connectivity index (χ4n) is 2.70. The van der Waals surface area contributed by atoms with Crippen molar-refractivity contribution in [3.63, 3.8) is 0 Å². The first kappa shape index (κ1) is 19.0. The molecule has 0 aliphatic carbocycles. The van der Waals surface area contributed by atoms with Crippen molar-refractivity contribution in [3.8, 4) is 11.4 Å². The summed E-state index contributed by atoms with van der Waals surface area (Å²) < 4.78 is 19.8. The summed E-state index contributed by atoms with van der Waals surface area (Å²) in [5, 5.41) is 11.6. The quantitative estimate of drug-likeness (QED) is 0.692. The highest BCUT2D eigenvalue weighted by molar-refractivity contribution is 6.31. The van der Waals surface area contributed by atoms with Gasteiger partial charge in [-0.1, -0.05) is 16.8 Å². The van der Waals surface area contributed by atoms with Gasteiger partial charge in [-0.25, -0.2) is 4.39 Å². The molecule has 142 valence electrons. The van der Waals surface area contributed by atoms with Crippen molar-refractivity contribution in [2.24, 2.45) is 0 Å². The van der Waals surface area contributed by atoms with Crippen LogP contribution in [0.4, 0.5) is 4.39 Å². The zero-order valence-corrected chi connectivity index (χ0v) is 15.9. The van der Waals surface area contributed by atoms with Gasteiger partial charge >= 0.3 is 11.8 Å². The van der Waals surface area contributed by atoms with Gasteiger partial charge in [0.05, 0.1) is 22.5 Å². The number of hydrogen-bond acceptors (Lipinski definition) is 5. The zero-order valence-electron chi connectivity index (χ0n) is 15.2. The van der Waals surface area contributed by atoms with Gasteiger partial charge in [0.25, 0.3) is 0 Å². The molecule has 0 saturated heterocycles. The summed E-state index contributed by atoms with van der Waals surface area (Å²) in [4.78, 5) is 16.2. The standard InChI is InChI=1S/C18H19ClFN5O2/c1-10(25-12(3)15(19)11(2)23-25)8-9-21-17(26)18-22-16(24-27-18)13-4-6-14(20)7-5-13/h4-7,10H,8-9H2,1-3H3,(H,21,26). The summed E-state index contributed by atoms with van der Waals surface area (Å²) in [5.41, 5.74) is 2.24. The molecule has 2 heterocycles. The molecule has 0 aliphatic rings. The van der Waals surface area contributed by atoms with Crippen molar-refractivity contribution in [1.29, 1.82) is 0 Å². The first-order valence-corrected chi connectivity index (χ1v) is 8.83. The molecular weight excluding hydrogens is 373 g/mol. The van der Waals surface area contributed by atoms with Crippen LogP contribution in [0.1, 0.15) is 41.5 Å². The number of aryl methyl sites for hydroxylation is 1. The molecule has 0 fully saturated rings. The average Bonchev–Trinajstić information content (AvgIpc) is 3.23. The van der Waals surface area contributed by atoms with E-state index in [9.17, 15) is 9.18 Å². The first-order valence-electron chi connectivity index (χ1n) is 8.46. The van der Waals surface area contributed by atoms with Gasteiger partial charge in [-0.2, -0.15) is 10.1 Å². The fraction of sp³-hybridized carbons (Fsp3) is 0.333. The third-order valence-electron chi connectivity index (χ3n) is 4.22. The summed E-state index contributed by atoms with van der Waals surface area (Å²) in [6.07, 6.45) is 0.656. The number of nitrogens with one attached hydrogen (secondary N) is 1. The third-order valence-corrected chi connectivity index (χ3v) is 4.77. The molecule has 1 unspecified atom stereocenters. The Balaban J connectivity index is 1.56. The number of nitrogens with zero attached hydrogens (tertiary/aromatic N) is 4. The fourth-order valence-corrected chi connectivity index (χ4v) is 2.82. The Labute approximate surface area is 160 Å². The summed E-state index contributed by atoms with van der Waals surface area (Å²) in [6.45, 7) is 6.17. The van der Waals surface area contributed by atoms with Crippen molar-refractivity contribution in [2.75, 3.05) is 6.54 Å². The number of carbonyl (C=O) groups excluding carboxylic acids is 1. The maximum atomic E-state index is 13.0. The Hall–Kier alpha value is -2.74. The van der Waals surface area contributed by atoms with Crippen LogP contribution in [0.25, 0.3) is 11.4 Å². The summed E-state index contributed by atoms with van der Waals surface area (Å²) in [7, 11) is 0. The van der Waals surface area contributed by atoms with E-state index in [1.165, 1.54) is 24.3 Å². The Bertz CT molecular complexity index is 951. The maximum Gasteiger partial charge on any atom is 0.316 e. The summed E-state index contributed by atoms with van der Waals surface area (Å²) in [5.74, 6) is -0.741. The van der Waals surface area contributed by atoms with Crippen LogP contribution in [0.5, 0.6) is 0 Å². The second-order valence-corrected chi connectivity index (χ2v) is 6.63. The van der Waals surface area contributed by atoms with Crippen molar-refractivity contribution in [1.82, 2.24) is 25.2 Å². The lowest BCUT2D eigenvalue weighted by Crippen LogP contribution is -2.26. The number of amides is 1. The minimum absolute atomic E-state index is 0.0639. The number of carbonyl (C=O) groups is 1. The number of benzene rings is 1. The predicted octanol–water partition coefficient (Wildman–Crippen LogP) is 3.72. The molecule has 3 rings (SSSR count). The van der Waals surface area contributed by atoms with E-state index in [1.54, 1.807) is 0 Å². The number of hydrogen-bond donors (Lipinski definition) is 1. The van der Waals surface area contributed by atoms with E-state index in [0.29, 0.717) is 23.6 Å². The number of halogens is 2. The molecule has 27 heavy (non-hydrogen) atoms. The molecule has 1 atom stereocenters. The van der Waals surface area contributed by atoms with Gasteiger partial charge in [-0.15, -0.1) is 0 Å². The molecule has 0 saturated carbocycles. The average molecular weight is 392 g/mol. The summed E-state index contributed by atoms with van der Waals surface area (Å²) >= 11 is 6.17. The Kier molecular flexibility index (Phi) is 5.55. The Morgan fingerprint density at radius 3 is 2.67 bits per heavy atom. The van der Waals surface area contributed by atoms with Gasteiger partial charge in [-0.05, 0) is 51.5 Å². The molecule has 1 N–H and O–H groups in total. The minimum atomic E-state index is -0.463. The van der Waals surface area contributed by atoms with Gasteiger partial charge in [0.1, 0.15) is 5.82 Å². The molecule has 9 heteroatoms. The van der Waals surface area contributed by atoms with Gasteiger partial charge in [0, 0.05) is 12.1 Å². The van der Waals surface area contributed by atoms with E-state index < -0.39 is 5.91 Å². The molecule has 0 bridgehead atoms. The zero-order chi connectivity index (χ0) is 19.6. The smallest absolute Gasteiger partial charge is 0.316 e. The van der Waals surface area contributed by atoms with Crippen LogP contribution in [0.3, 0.4) is 0 Å². The van der Waals surface area contributed by atoms with Crippen molar-refractivity contribution in [3.05, 3.63) is 52.4 Å². The lowest BCUT2D eigenvalue weighted by molar-refractivity contribution is 0.0907. The second kappa shape index (κ2) is 7.87. The van der Waals surface area contributed by atoms with Crippen LogP contribution in [-0.4, -0.2) is 32.4 Å². The van der Waals surface area contributed by atoms with Gasteiger partial charge < -0.3 is 9.84 Å². The van der Waals surface area contributed by atoms with E-state index in [4.69, 9.17) is 16.1 Å². The minimum Gasteiger partial charge on any atom is -0.348 e. The van der Waals surface area contributed by atoms with E-state index in [0.717, 1.165) is 11.4 Å². The van der Waals surface area contributed by atoms with Crippen LogP contribution in [0.2, 0.25) is 5.02 Å². The lowest BCUT2D eigenvalue weighted by Gasteiger charge is -2.14. The molecule has 0 aliphatic heterocycles. The second-order valence-electron chi connectivity index (χ2n) is 6.25. The van der Waals surface area contributed by atoms with E-state index in [2.05, 4.69) is 20.6 Å². The normalized spacial score (nSPS) is 12.2. The van der Waals surface area contributed by atoms with E-state index in [1.807, 2.05) is 25.5 Å². The largest absolute Gasteiger partial charge is 0.348 e. The molecule has 0 spiro atoms. The van der Waals surface area contributed by atoms with Crippen LogP contribution in [0, 0.1) is 19.7 Å². The SMILES string of the molecule is Cc1nn(C(C)CCNC(=O)c2nc(-c3ccc(F)cc3)no2)c(C)c1Cl. The summed E-state index contributed by atoms with van der Waals surface area (Å²) in [6, 6.07) is 5.68. The molecular formula is C18H19ClFN5O2. The highest BCUT2D eigenvalue weighted by Gasteiger charge is 2.18. The van der Waals surface area contributed by atoms with Crippen LogP contribution in [0.15, 0.2) is 28.8 Å². The molecule has 3 aromatic rings. The molecule has 2 aromatic heterocycles. The number of rotatable bonds is 6. The van der Waals surface area contributed by atoms with Crippen molar-refractivity contribution >= 4 is 17.5 Å². The van der Waals surface area contributed by atoms with Gasteiger partial charge in [0.15, 0.2) is 0 Å². The predicted molar refractivity (Wildman–Crippen MR) is 98.1 cm³/mol. The van der Waals surface area contributed by atoms with E-state index in [-0.39, 0.29) is 23.6 Å². The lowest BCUT2D eigenvalue weighted by atomic mass is 10.2. The molecule has 7 nitrogen and oxygen atoms in total. The maximum absolute atomic E-state index is 13.0.